The van der Waals surface area contributed by atoms with Gasteiger partial charge in [-0.25, -0.2) is 4.79 Å². The summed E-state index contributed by atoms with van der Waals surface area (Å²) in [4.78, 5) is 13.9. The third-order valence-electron chi connectivity index (χ3n) is 4.76. The highest BCUT2D eigenvalue weighted by Crippen LogP contribution is 2.32. The molecule has 1 atom stereocenters. The molecule has 2 amide bonds. The highest BCUT2D eigenvalue weighted by Gasteiger charge is 2.40. The summed E-state index contributed by atoms with van der Waals surface area (Å²) < 4.78 is 0. The van der Waals surface area contributed by atoms with E-state index in [2.05, 4.69) is 41.4 Å². The van der Waals surface area contributed by atoms with Crippen LogP contribution >= 0.6 is 0 Å². The molecule has 2 aliphatic rings. The highest BCUT2D eigenvalue weighted by molar-refractivity contribution is 5.73. The first-order valence-corrected chi connectivity index (χ1v) is 7.46. The molecule has 1 heterocycles. The first kappa shape index (κ1) is 13.4. The molecule has 0 saturated carbocycles. The molecule has 3 N–H and O–H groups in total. The SMILES string of the molecule is CC1CCCN1CC1(NC(N)=O)Cc2ccccc2C1. The summed E-state index contributed by atoms with van der Waals surface area (Å²) in [7, 11) is 0. The smallest absolute Gasteiger partial charge is 0.312 e. The Morgan fingerprint density at radius 3 is 2.55 bits per heavy atom. The normalized spacial score (nSPS) is 24.6. The van der Waals surface area contributed by atoms with E-state index in [0.29, 0.717) is 6.04 Å². The van der Waals surface area contributed by atoms with Crippen molar-refractivity contribution in [1.29, 1.82) is 0 Å². The minimum Gasteiger partial charge on any atom is -0.352 e. The summed E-state index contributed by atoms with van der Waals surface area (Å²) in [5, 5.41) is 3.05. The standard InChI is InChI=1S/C16H23N3O/c1-12-5-4-8-19(12)11-16(18-15(17)20)9-13-6-2-3-7-14(13)10-16/h2-3,6-7,12H,4-5,8-11H2,1H3,(H3,17,18,20). The first-order valence-electron chi connectivity index (χ1n) is 7.46. The van der Waals surface area contributed by atoms with Crippen LogP contribution in [0, 0.1) is 0 Å². The molecule has 1 unspecified atom stereocenters. The fourth-order valence-corrected chi connectivity index (χ4v) is 3.81. The molecule has 108 valence electrons. The lowest BCUT2D eigenvalue weighted by Gasteiger charge is -2.35. The number of carbonyl (C=O) groups is 1. The van der Waals surface area contributed by atoms with Gasteiger partial charge in [0.25, 0.3) is 0 Å². The van der Waals surface area contributed by atoms with Crippen LogP contribution in [0.25, 0.3) is 0 Å². The fourth-order valence-electron chi connectivity index (χ4n) is 3.81. The molecule has 3 rings (SSSR count). The predicted molar refractivity (Wildman–Crippen MR) is 79.6 cm³/mol. The lowest BCUT2D eigenvalue weighted by Crippen LogP contribution is -2.58. The minimum atomic E-state index is -0.412. The number of nitrogens with two attached hydrogens (primary N) is 1. The Hall–Kier alpha value is -1.55. The van der Waals surface area contributed by atoms with E-state index in [0.717, 1.165) is 25.9 Å². The Morgan fingerprint density at radius 1 is 1.40 bits per heavy atom. The molecule has 4 nitrogen and oxygen atoms in total. The molecule has 0 radical (unpaired) electrons. The van der Waals surface area contributed by atoms with Crippen LogP contribution in [0.3, 0.4) is 0 Å². The monoisotopic (exact) mass is 273 g/mol. The van der Waals surface area contributed by atoms with Crippen molar-refractivity contribution in [2.24, 2.45) is 5.73 Å². The van der Waals surface area contributed by atoms with E-state index >= 15 is 0 Å². The van der Waals surface area contributed by atoms with Gasteiger partial charge in [0.05, 0.1) is 5.54 Å². The Balaban J connectivity index is 1.82. The average molecular weight is 273 g/mol. The summed E-state index contributed by atoms with van der Waals surface area (Å²) in [6.07, 6.45) is 4.27. The number of primary amides is 1. The second kappa shape index (κ2) is 5.09. The van der Waals surface area contributed by atoms with Gasteiger partial charge in [-0.3, -0.25) is 4.90 Å². The van der Waals surface area contributed by atoms with Gasteiger partial charge >= 0.3 is 6.03 Å². The molecule has 1 aliphatic heterocycles. The molecule has 0 bridgehead atoms. The zero-order valence-electron chi connectivity index (χ0n) is 12.1. The van der Waals surface area contributed by atoms with Crippen LogP contribution in [0.2, 0.25) is 0 Å². The molecule has 1 aromatic carbocycles. The Bertz CT molecular complexity index is 489. The molecule has 4 heteroatoms. The predicted octanol–water partition coefficient (Wildman–Crippen LogP) is 1.68. The number of amides is 2. The molecule has 0 spiro atoms. The lowest BCUT2D eigenvalue weighted by atomic mass is 9.94. The molecule has 0 aromatic heterocycles. The zero-order valence-corrected chi connectivity index (χ0v) is 12.1. The molecule has 1 fully saturated rings. The zero-order chi connectivity index (χ0) is 14.2. The summed E-state index contributed by atoms with van der Waals surface area (Å²) in [5.74, 6) is 0. The lowest BCUT2D eigenvalue weighted by molar-refractivity contribution is 0.177. The van der Waals surface area contributed by atoms with Crippen molar-refractivity contribution in [1.82, 2.24) is 10.2 Å². The van der Waals surface area contributed by atoms with E-state index in [-0.39, 0.29) is 5.54 Å². The third kappa shape index (κ3) is 2.52. The van der Waals surface area contributed by atoms with Gasteiger partial charge in [0.15, 0.2) is 0 Å². The molecule has 1 aliphatic carbocycles. The van der Waals surface area contributed by atoms with Crippen LogP contribution in [-0.4, -0.2) is 35.6 Å². The number of hydrogen-bond donors (Lipinski definition) is 2. The van der Waals surface area contributed by atoms with Crippen molar-refractivity contribution < 1.29 is 4.79 Å². The number of nitrogens with one attached hydrogen (secondary N) is 1. The fraction of sp³-hybridized carbons (Fsp3) is 0.562. The van der Waals surface area contributed by atoms with Crippen LogP contribution < -0.4 is 11.1 Å². The van der Waals surface area contributed by atoms with Crippen LogP contribution in [-0.2, 0) is 12.8 Å². The second-order valence-corrected chi connectivity index (χ2v) is 6.35. The van der Waals surface area contributed by atoms with E-state index < -0.39 is 6.03 Å². The van der Waals surface area contributed by atoms with Gasteiger partial charge < -0.3 is 11.1 Å². The van der Waals surface area contributed by atoms with Crippen LogP contribution in [0.5, 0.6) is 0 Å². The van der Waals surface area contributed by atoms with E-state index in [9.17, 15) is 4.79 Å². The molecule has 1 aromatic rings. The molecular formula is C16H23N3O. The number of benzene rings is 1. The van der Waals surface area contributed by atoms with E-state index in [4.69, 9.17) is 5.73 Å². The number of nitrogens with zero attached hydrogens (tertiary/aromatic N) is 1. The van der Waals surface area contributed by atoms with Crippen LogP contribution in [0.1, 0.15) is 30.9 Å². The average Bonchev–Trinajstić information content (AvgIpc) is 2.92. The van der Waals surface area contributed by atoms with Crippen molar-refractivity contribution in [2.45, 2.75) is 44.2 Å². The number of rotatable bonds is 3. The number of hydrogen-bond acceptors (Lipinski definition) is 2. The highest BCUT2D eigenvalue weighted by atomic mass is 16.2. The van der Waals surface area contributed by atoms with Gasteiger partial charge in [-0.15, -0.1) is 0 Å². The second-order valence-electron chi connectivity index (χ2n) is 6.35. The Morgan fingerprint density at radius 2 is 2.05 bits per heavy atom. The van der Waals surface area contributed by atoms with Crippen molar-refractivity contribution in [3.63, 3.8) is 0 Å². The maximum absolute atomic E-state index is 11.5. The number of carbonyl (C=O) groups excluding carboxylic acids is 1. The summed E-state index contributed by atoms with van der Waals surface area (Å²) in [5.41, 5.74) is 7.89. The molecule has 20 heavy (non-hydrogen) atoms. The van der Waals surface area contributed by atoms with E-state index in [1.165, 1.54) is 24.0 Å². The van der Waals surface area contributed by atoms with Crippen LogP contribution in [0.15, 0.2) is 24.3 Å². The molecule has 1 saturated heterocycles. The van der Waals surface area contributed by atoms with E-state index in [1.54, 1.807) is 0 Å². The van der Waals surface area contributed by atoms with Crippen molar-refractivity contribution in [2.75, 3.05) is 13.1 Å². The number of urea groups is 1. The third-order valence-corrected chi connectivity index (χ3v) is 4.76. The largest absolute Gasteiger partial charge is 0.352 e. The van der Waals surface area contributed by atoms with Crippen molar-refractivity contribution in [3.8, 4) is 0 Å². The van der Waals surface area contributed by atoms with Gasteiger partial charge in [-0.1, -0.05) is 24.3 Å². The minimum absolute atomic E-state index is 0.228. The topological polar surface area (TPSA) is 58.4 Å². The van der Waals surface area contributed by atoms with Gasteiger partial charge in [0.1, 0.15) is 0 Å². The quantitative estimate of drug-likeness (QED) is 0.880. The Kier molecular flexibility index (Phi) is 3.42. The maximum atomic E-state index is 11.5. The number of likely N-dealkylation sites (tertiary alicyclic amines) is 1. The summed E-state index contributed by atoms with van der Waals surface area (Å²) in [6, 6.07) is 8.64. The Labute approximate surface area is 120 Å². The van der Waals surface area contributed by atoms with E-state index in [1.807, 2.05) is 0 Å². The van der Waals surface area contributed by atoms with Crippen molar-refractivity contribution in [3.05, 3.63) is 35.4 Å². The number of fused-ring (bicyclic) bond motifs is 1. The van der Waals surface area contributed by atoms with Gasteiger partial charge in [-0.05, 0) is 50.3 Å². The summed E-state index contributed by atoms with van der Waals surface area (Å²) >= 11 is 0. The van der Waals surface area contributed by atoms with Crippen molar-refractivity contribution >= 4 is 6.03 Å². The van der Waals surface area contributed by atoms with Gasteiger partial charge in [0.2, 0.25) is 0 Å². The van der Waals surface area contributed by atoms with Gasteiger partial charge in [-0.2, -0.15) is 0 Å². The summed E-state index contributed by atoms with van der Waals surface area (Å²) in [6.45, 7) is 4.29. The van der Waals surface area contributed by atoms with Crippen LogP contribution in [0.4, 0.5) is 4.79 Å². The van der Waals surface area contributed by atoms with Gasteiger partial charge in [0, 0.05) is 12.6 Å². The first-order chi connectivity index (χ1) is 9.58. The maximum Gasteiger partial charge on any atom is 0.312 e. The molecular weight excluding hydrogens is 250 g/mol.